The highest BCUT2D eigenvalue weighted by Crippen LogP contribution is 2.14. The van der Waals surface area contributed by atoms with E-state index in [1.54, 1.807) is 0 Å². The van der Waals surface area contributed by atoms with Crippen molar-refractivity contribution in [3.05, 3.63) is 29.8 Å². The van der Waals surface area contributed by atoms with E-state index in [1.807, 2.05) is 45.0 Å². The molecule has 1 aromatic rings. The van der Waals surface area contributed by atoms with E-state index in [2.05, 4.69) is 19.2 Å². The third-order valence-electron chi connectivity index (χ3n) is 2.24. The molecule has 3 heteroatoms. The number of rotatable bonds is 3. The Morgan fingerprint density at radius 3 is 2.22 bits per heavy atom. The second-order valence-electron chi connectivity index (χ2n) is 5.92. The van der Waals surface area contributed by atoms with Gasteiger partial charge in [-0.05, 0) is 50.8 Å². The lowest BCUT2D eigenvalue weighted by Gasteiger charge is -2.19. The largest absolute Gasteiger partial charge is 0.444 e. The minimum absolute atomic E-state index is 0.417. The third-order valence-corrected chi connectivity index (χ3v) is 2.24. The van der Waals surface area contributed by atoms with Crippen LogP contribution in [0.25, 0.3) is 0 Å². The zero-order valence-corrected chi connectivity index (χ0v) is 11.9. The fourth-order valence-electron chi connectivity index (χ4n) is 1.62. The second kappa shape index (κ2) is 5.89. The third kappa shape index (κ3) is 5.71. The molecule has 3 nitrogen and oxygen atoms in total. The minimum atomic E-state index is -0.471. The maximum Gasteiger partial charge on any atom is 0.412 e. The number of carbonyl (C=O) groups excluding carboxylic acids is 1. The molecule has 0 atom stereocenters. The monoisotopic (exact) mass is 249 g/mol. The zero-order chi connectivity index (χ0) is 13.8. The van der Waals surface area contributed by atoms with Crippen LogP contribution in [0.3, 0.4) is 0 Å². The first kappa shape index (κ1) is 14.6. The van der Waals surface area contributed by atoms with Gasteiger partial charge in [0.25, 0.3) is 0 Å². The van der Waals surface area contributed by atoms with Gasteiger partial charge in [-0.25, -0.2) is 4.79 Å². The summed E-state index contributed by atoms with van der Waals surface area (Å²) < 4.78 is 5.19. The van der Waals surface area contributed by atoms with Crippen molar-refractivity contribution in [3.63, 3.8) is 0 Å². The first-order valence-electron chi connectivity index (χ1n) is 6.35. The van der Waals surface area contributed by atoms with E-state index in [-0.39, 0.29) is 0 Å². The van der Waals surface area contributed by atoms with Crippen LogP contribution in [0.5, 0.6) is 0 Å². The normalized spacial score (nSPS) is 11.4. The molecule has 0 aliphatic heterocycles. The molecule has 0 aliphatic carbocycles. The number of nitrogens with one attached hydrogen (secondary N) is 1. The molecule has 0 saturated heterocycles. The lowest BCUT2D eigenvalue weighted by molar-refractivity contribution is 0.0636. The number of anilines is 1. The van der Waals surface area contributed by atoms with Gasteiger partial charge >= 0.3 is 6.09 Å². The van der Waals surface area contributed by atoms with Crippen molar-refractivity contribution in [2.24, 2.45) is 5.92 Å². The summed E-state index contributed by atoms with van der Waals surface area (Å²) in [6.07, 6.45) is 0.631. The molecule has 0 spiro atoms. The molecule has 1 rings (SSSR count). The highest BCUT2D eigenvalue weighted by Gasteiger charge is 2.15. The summed E-state index contributed by atoms with van der Waals surface area (Å²) >= 11 is 0. The van der Waals surface area contributed by atoms with Gasteiger partial charge in [0.2, 0.25) is 0 Å². The molecule has 100 valence electrons. The van der Waals surface area contributed by atoms with Gasteiger partial charge in [-0.1, -0.05) is 26.0 Å². The maximum atomic E-state index is 11.6. The van der Waals surface area contributed by atoms with Crippen molar-refractivity contribution in [2.75, 3.05) is 5.32 Å². The van der Waals surface area contributed by atoms with Gasteiger partial charge in [0.1, 0.15) is 5.60 Å². The van der Waals surface area contributed by atoms with Crippen LogP contribution in [0.15, 0.2) is 24.3 Å². The maximum absolute atomic E-state index is 11.6. The second-order valence-corrected chi connectivity index (χ2v) is 5.92. The summed E-state index contributed by atoms with van der Waals surface area (Å²) in [4.78, 5) is 11.6. The van der Waals surface area contributed by atoms with Crippen molar-refractivity contribution in [2.45, 2.75) is 46.6 Å². The van der Waals surface area contributed by atoms with Crippen LogP contribution in [-0.2, 0) is 11.2 Å². The summed E-state index contributed by atoms with van der Waals surface area (Å²) in [5.74, 6) is 0.634. The van der Waals surface area contributed by atoms with Gasteiger partial charge in [0.15, 0.2) is 0 Å². The van der Waals surface area contributed by atoms with E-state index in [1.165, 1.54) is 5.56 Å². The first-order chi connectivity index (χ1) is 8.26. The number of hydrogen-bond acceptors (Lipinski definition) is 2. The Balaban J connectivity index is 2.56. The number of hydrogen-bond donors (Lipinski definition) is 1. The van der Waals surface area contributed by atoms with E-state index in [4.69, 9.17) is 4.74 Å². The van der Waals surface area contributed by atoms with Crippen molar-refractivity contribution < 1.29 is 9.53 Å². The number of carbonyl (C=O) groups is 1. The predicted octanol–water partition coefficient (Wildman–Crippen LogP) is 4.23. The predicted molar refractivity (Wildman–Crippen MR) is 74.8 cm³/mol. The van der Waals surface area contributed by atoms with Gasteiger partial charge in [-0.3, -0.25) is 5.32 Å². The number of amides is 1. The Bertz CT molecular complexity index is 388. The summed E-state index contributed by atoms with van der Waals surface area (Å²) in [6.45, 7) is 9.91. The standard InChI is InChI=1S/C15H23NO2/c1-11(2)10-12-6-8-13(9-7-12)16-14(17)18-15(3,4)5/h6-9,11H,10H2,1-5H3,(H,16,17). The molecular formula is C15H23NO2. The molecule has 1 aromatic carbocycles. The van der Waals surface area contributed by atoms with Crippen LogP contribution < -0.4 is 5.32 Å². The van der Waals surface area contributed by atoms with E-state index >= 15 is 0 Å². The molecule has 0 unspecified atom stereocenters. The minimum Gasteiger partial charge on any atom is -0.444 e. The van der Waals surface area contributed by atoms with Crippen LogP contribution >= 0.6 is 0 Å². The van der Waals surface area contributed by atoms with Crippen LogP contribution in [0.2, 0.25) is 0 Å². The molecule has 0 bridgehead atoms. The number of ether oxygens (including phenoxy) is 1. The summed E-state index contributed by atoms with van der Waals surface area (Å²) in [6, 6.07) is 7.88. The average molecular weight is 249 g/mol. The highest BCUT2D eigenvalue weighted by atomic mass is 16.6. The SMILES string of the molecule is CC(C)Cc1ccc(NC(=O)OC(C)(C)C)cc1. The molecule has 0 saturated carbocycles. The molecular weight excluding hydrogens is 226 g/mol. The van der Waals surface area contributed by atoms with Crippen molar-refractivity contribution in [3.8, 4) is 0 Å². The van der Waals surface area contributed by atoms with Gasteiger partial charge in [-0.2, -0.15) is 0 Å². The van der Waals surface area contributed by atoms with Crippen LogP contribution in [0.1, 0.15) is 40.2 Å². The molecule has 0 heterocycles. The van der Waals surface area contributed by atoms with E-state index in [0.29, 0.717) is 5.92 Å². The molecule has 1 N–H and O–H groups in total. The fourth-order valence-corrected chi connectivity index (χ4v) is 1.62. The Morgan fingerprint density at radius 2 is 1.78 bits per heavy atom. The molecule has 18 heavy (non-hydrogen) atoms. The molecule has 0 aromatic heterocycles. The molecule has 0 radical (unpaired) electrons. The Morgan fingerprint density at radius 1 is 1.22 bits per heavy atom. The van der Waals surface area contributed by atoms with Crippen LogP contribution in [0, 0.1) is 5.92 Å². The highest BCUT2D eigenvalue weighted by molar-refractivity contribution is 5.84. The molecule has 1 amide bonds. The fraction of sp³-hybridized carbons (Fsp3) is 0.533. The van der Waals surface area contributed by atoms with Crippen LogP contribution in [-0.4, -0.2) is 11.7 Å². The quantitative estimate of drug-likeness (QED) is 0.870. The topological polar surface area (TPSA) is 38.3 Å². The van der Waals surface area contributed by atoms with Gasteiger partial charge in [0, 0.05) is 5.69 Å². The average Bonchev–Trinajstić information content (AvgIpc) is 2.17. The lowest BCUT2D eigenvalue weighted by Crippen LogP contribution is -2.27. The number of benzene rings is 1. The molecule has 0 aliphatic rings. The van der Waals surface area contributed by atoms with Crippen LogP contribution in [0.4, 0.5) is 10.5 Å². The van der Waals surface area contributed by atoms with E-state index in [0.717, 1.165) is 12.1 Å². The summed E-state index contributed by atoms with van der Waals surface area (Å²) in [5.41, 5.74) is 1.57. The summed E-state index contributed by atoms with van der Waals surface area (Å²) in [7, 11) is 0. The van der Waals surface area contributed by atoms with Gasteiger partial charge < -0.3 is 4.74 Å². The summed E-state index contributed by atoms with van der Waals surface area (Å²) in [5, 5.41) is 2.72. The Labute approximate surface area is 110 Å². The zero-order valence-electron chi connectivity index (χ0n) is 11.9. The Hall–Kier alpha value is -1.51. The van der Waals surface area contributed by atoms with Crippen molar-refractivity contribution >= 4 is 11.8 Å². The van der Waals surface area contributed by atoms with Crippen molar-refractivity contribution in [1.29, 1.82) is 0 Å². The Kier molecular flexibility index (Phi) is 4.76. The molecule has 0 fully saturated rings. The first-order valence-corrected chi connectivity index (χ1v) is 6.35. The lowest BCUT2D eigenvalue weighted by atomic mass is 10.0. The smallest absolute Gasteiger partial charge is 0.412 e. The van der Waals surface area contributed by atoms with Gasteiger partial charge in [-0.15, -0.1) is 0 Å². The van der Waals surface area contributed by atoms with Gasteiger partial charge in [0.05, 0.1) is 0 Å². The van der Waals surface area contributed by atoms with E-state index in [9.17, 15) is 4.79 Å². The van der Waals surface area contributed by atoms with E-state index < -0.39 is 11.7 Å². The van der Waals surface area contributed by atoms with Crippen molar-refractivity contribution in [1.82, 2.24) is 0 Å².